The number of hydrogen-bond acceptors (Lipinski definition) is 3. The summed E-state index contributed by atoms with van der Waals surface area (Å²) in [4.78, 5) is 10.7. The summed E-state index contributed by atoms with van der Waals surface area (Å²) >= 11 is 5.89. The minimum Gasteiger partial charge on any atom is -0.491 e. The minimum atomic E-state index is -0.906. The van der Waals surface area contributed by atoms with Crippen LogP contribution in [0.1, 0.15) is 18.4 Å². The highest BCUT2D eigenvalue weighted by Gasteiger charge is 2.30. The van der Waals surface area contributed by atoms with Crippen LogP contribution < -0.4 is 4.74 Å². The van der Waals surface area contributed by atoms with Crippen molar-refractivity contribution in [1.29, 1.82) is 0 Å². The van der Waals surface area contributed by atoms with E-state index in [2.05, 4.69) is 0 Å². The van der Waals surface area contributed by atoms with Crippen molar-refractivity contribution in [3.63, 3.8) is 0 Å². The SMILES string of the molecule is Cc1ccc(Cl)cc1OCC1CCC(C(=O)O)O1. The number of hydrogen-bond donors (Lipinski definition) is 1. The molecule has 0 saturated carbocycles. The lowest BCUT2D eigenvalue weighted by Crippen LogP contribution is -2.23. The molecule has 2 atom stereocenters. The second kappa shape index (κ2) is 5.59. The van der Waals surface area contributed by atoms with Crippen LogP contribution in [0.5, 0.6) is 5.75 Å². The van der Waals surface area contributed by atoms with E-state index in [0.717, 1.165) is 5.56 Å². The average Bonchev–Trinajstić information content (AvgIpc) is 2.79. The lowest BCUT2D eigenvalue weighted by Gasteiger charge is -2.14. The molecule has 1 aliphatic rings. The molecular formula is C13H15ClO4. The van der Waals surface area contributed by atoms with Gasteiger partial charge in [0.25, 0.3) is 0 Å². The summed E-state index contributed by atoms with van der Waals surface area (Å²) in [5.74, 6) is -0.193. The molecule has 0 aromatic heterocycles. The van der Waals surface area contributed by atoms with E-state index in [0.29, 0.717) is 30.2 Å². The highest BCUT2D eigenvalue weighted by Crippen LogP contribution is 2.25. The molecule has 0 bridgehead atoms. The number of carboxylic acids is 1. The lowest BCUT2D eigenvalue weighted by atomic mass is 10.2. The Morgan fingerprint density at radius 3 is 3.00 bits per heavy atom. The predicted molar refractivity (Wildman–Crippen MR) is 67.2 cm³/mol. The number of aliphatic carboxylic acids is 1. The Balaban J connectivity index is 1.89. The van der Waals surface area contributed by atoms with Crippen LogP contribution in [0.15, 0.2) is 18.2 Å². The van der Waals surface area contributed by atoms with E-state index in [1.165, 1.54) is 0 Å². The van der Waals surface area contributed by atoms with E-state index < -0.39 is 12.1 Å². The summed E-state index contributed by atoms with van der Waals surface area (Å²) in [7, 11) is 0. The van der Waals surface area contributed by atoms with Crippen LogP contribution in [0.2, 0.25) is 5.02 Å². The van der Waals surface area contributed by atoms with Gasteiger partial charge in [-0.2, -0.15) is 0 Å². The van der Waals surface area contributed by atoms with E-state index >= 15 is 0 Å². The third kappa shape index (κ3) is 3.15. The third-order valence-electron chi connectivity index (χ3n) is 2.96. The standard InChI is InChI=1S/C13H15ClO4/c1-8-2-3-9(14)6-12(8)17-7-10-4-5-11(18-10)13(15)16/h2-3,6,10-11H,4-5,7H2,1H3,(H,15,16). The normalized spacial score (nSPS) is 23.0. The zero-order valence-electron chi connectivity index (χ0n) is 10.1. The molecule has 1 aromatic carbocycles. The van der Waals surface area contributed by atoms with Crippen molar-refractivity contribution in [2.24, 2.45) is 0 Å². The molecule has 1 heterocycles. The predicted octanol–water partition coefficient (Wildman–Crippen LogP) is 2.66. The first-order chi connectivity index (χ1) is 8.56. The Labute approximate surface area is 110 Å². The highest BCUT2D eigenvalue weighted by atomic mass is 35.5. The van der Waals surface area contributed by atoms with Crippen molar-refractivity contribution in [3.8, 4) is 5.75 Å². The van der Waals surface area contributed by atoms with Gasteiger partial charge in [0.05, 0.1) is 6.10 Å². The van der Waals surface area contributed by atoms with Crippen LogP contribution >= 0.6 is 11.6 Å². The van der Waals surface area contributed by atoms with Gasteiger partial charge in [0, 0.05) is 5.02 Å². The number of benzene rings is 1. The molecule has 4 nitrogen and oxygen atoms in total. The van der Waals surface area contributed by atoms with Crippen molar-refractivity contribution >= 4 is 17.6 Å². The fourth-order valence-electron chi connectivity index (χ4n) is 1.92. The van der Waals surface area contributed by atoms with E-state index in [-0.39, 0.29) is 6.10 Å². The fraction of sp³-hybridized carbons (Fsp3) is 0.462. The van der Waals surface area contributed by atoms with Crippen LogP contribution in [-0.4, -0.2) is 29.9 Å². The van der Waals surface area contributed by atoms with Crippen molar-refractivity contribution in [3.05, 3.63) is 28.8 Å². The van der Waals surface area contributed by atoms with E-state index in [1.807, 2.05) is 13.0 Å². The topological polar surface area (TPSA) is 55.8 Å². The summed E-state index contributed by atoms with van der Waals surface area (Å²) in [5, 5.41) is 9.43. The number of halogens is 1. The average molecular weight is 271 g/mol. The van der Waals surface area contributed by atoms with Crippen molar-refractivity contribution in [1.82, 2.24) is 0 Å². The second-order valence-corrected chi connectivity index (χ2v) is 4.82. The number of carbonyl (C=O) groups is 1. The largest absolute Gasteiger partial charge is 0.491 e. The zero-order valence-corrected chi connectivity index (χ0v) is 10.8. The van der Waals surface area contributed by atoms with E-state index in [4.69, 9.17) is 26.2 Å². The molecule has 1 saturated heterocycles. The number of carboxylic acid groups (broad SMARTS) is 1. The summed E-state index contributed by atoms with van der Waals surface area (Å²) < 4.78 is 11.0. The summed E-state index contributed by atoms with van der Waals surface area (Å²) in [6.45, 7) is 2.28. The van der Waals surface area contributed by atoms with Gasteiger partial charge < -0.3 is 14.6 Å². The Hall–Kier alpha value is -1.26. The maximum absolute atomic E-state index is 10.7. The molecule has 1 aliphatic heterocycles. The second-order valence-electron chi connectivity index (χ2n) is 4.38. The first kappa shape index (κ1) is 13.2. The maximum Gasteiger partial charge on any atom is 0.332 e. The molecule has 18 heavy (non-hydrogen) atoms. The molecule has 1 N–H and O–H groups in total. The number of ether oxygens (including phenoxy) is 2. The monoisotopic (exact) mass is 270 g/mol. The van der Waals surface area contributed by atoms with Gasteiger partial charge in [-0.25, -0.2) is 4.79 Å². The maximum atomic E-state index is 10.7. The molecule has 1 fully saturated rings. The van der Waals surface area contributed by atoms with Crippen LogP contribution in [-0.2, 0) is 9.53 Å². The third-order valence-corrected chi connectivity index (χ3v) is 3.19. The lowest BCUT2D eigenvalue weighted by molar-refractivity contribution is -0.149. The molecule has 1 aromatic rings. The Bertz CT molecular complexity index is 447. The Morgan fingerprint density at radius 2 is 2.33 bits per heavy atom. The first-order valence-electron chi connectivity index (χ1n) is 5.83. The van der Waals surface area contributed by atoms with Crippen molar-refractivity contribution in [2.45, 2.75) is 32.0 Å². The van der Waals surface area contributed by atoms with Gasteiger partial charge >= 0.3 is 5.97 Å². The molecule has 0 amide bonds. The first-order valence-corrected chi connectivity index (χ1v) is 6.21. The van der Waals surface area contributed by atoms with Gasteiger partial charge in [-0.1, -0.05) is 17.7 Å². The highest BCUT2D eigenvalue weighted by molar-refractivity contribution is 6.30. The van der Waals surface area contributed by atoms with Crippen LogP contribution in [0.4, 0.5) is 0 Å². The number of aryl methyl sites for hydroxylation is 1. The molecule has 5 heteroatoms. The quantitative estimate of drug-likeness (QED) is 0.914. The van der Waals surface area contributed by atoms with Gasteiger partial charge in [0.2, 0.25) is 0 Å². The molecule has 0 radical (unpaired) electrons. The van der Waals surface area contributed by atoms with Gasteiger partial charge in [-0.15, -0.1) is 0 Å². The fourth-order valence-corrected chi connectivity index (χ4v) is 2.08. The summed E-state index contributed by atoms with van der Waals surface area (Å²) in [5.41, 5.74) is 0.993. The van der Waals surface area contributed by atoms with Crippen LogP contribution in [0.3, 0.4) is 0 Å². The van der Waals surface area contributed by atoms with Crippen LogP contribution in [0, 0.1) is 6.92 Å². The van der Waals surface area contributed by atoms with E-state index in [1.54, 1.807) is 12.1 Å². The van der Waals surface area contributed by atoms with Crippen LogP contribution in [0.25, 0.3) is 0 Å². The molecule has 2 rings (SSSR count). The Kier molecular flexibility index (Phi) is 4.09. The van der Waals surface area contributed by atoms with Gasteiger partial charge in [0.1, 0.15) is 12.4 Å². The molecule has 0 aliphatic carbocycles. The summed E-state index contributed by atoms with van der Waals surface area (Å²) in [6.07, 6.45) is 0.387. The molecular weight excluding hydrogens is 256 g/mol. The van der Waals surface area contributed by atoms with Gasteiger partial charge in [0.15, 0.2) is 6.10 Å². The summed E-state index contributed by atoms with van der Waals surface area (Å²) in [6, 6.07) is 5.43. The van der Waals surface area contributed by atoms with Crippen molar-refractivity contribution in [2.75, 3.05) is 6.61 Å². The molecule has 98 valence electrons. The smallest absolute Gasteiger partial charge is 0.332 e. The van der Waals surface area contributed by atoms with E-state index in [9.17, 15) is 4.79 Å². The van der Waals surface area contributed by atoms with Crippen molar-refractivity contribution < 1.29 is 19.4 Å². The number of rotatable bonds is 4. The van der Waals surface area contributed by atoms with Gasteiger partial charge in [-0.3, -0.25) is 0 Å². The molecule has 0 spiro atoms. The molecule has 2 unspecified atom stereocenters. The Morgan fingerprint density at radius 1 is 1.56 bits per heavy atom. The van der Waals surface area contributed by atoms with Gasteiger partial charge in [-0.05, 0) is 37.5 Å². The zero-order chi connectivity index (χ0) is 13.1. The minimum absolute atomic E-state index is 0.163.